The van der Waals surface area contributed by atoms with Gasteiger partial charge in [-0.1, -0.05) is 0 Å². The summed E-state index contributed by atoms with van der Waals surface area (Å²) < 4.78 is 8.57. The lowest BCUT2D eigenvalue weighted by molar-refractivity contribution is -0.0724. The Morgan fingerprint density at radius 2 is 1.80 bits per heavy atom. The van der Waals surface area contributed by atoms with Gasteiger partial charge in [0.2, 0.25) is 0 Å². The van der Waals surface area contributed by atoms with Gasteiger partial charge in [-0.25, -0.2) is 4.79 Å². The first-order chi connectivity index (χ1) is 11.8. The van der Waals surface area contributed by atoms with Crippen LogP contribution in [0, 0.1) is 0 Å². The molecule has 0 aromatic carbocycles. The summed E-state index contributed by atoms with van der Waals surface area (Å²) in [5.41, 5.74) is 0.308. The lowest BCUT2D eigenvalue weighted by Gasteiger charge is -2.38. The zero-order valence-corrected chi connectivity index (χ0v) is 15.8. The van der Waals surface area contributed by atoms with Gasteiger partial charge in [0.05, 0.1) is 12.2 Å². The molecule has 2 saturated heterocycles. The molecular weight excluding hydrogens is 320 g/mol. The van der Waals surface area contributed by atoms with Gasteiger partial charge in [-0.3, -0.25) is 23.7 Å². The summed E-state index contributed by atoms with van der Waals surface area (Å²) in [6.07, 6.45) is 2.88. The van der Waals surface area contributed by atoms with E-state index in [1.54, 1.807) is 17.7 Å². The van der Waals surface area contributed by atoms with E-state index < -0.39 is 0 Å². The van der Waals surface area contributed by atoms with Crippen LogP contribution in [0.25, 0.3) is 0 Å². The molecule has 140 valence electrons. The number of ether oxygens (including phenoxy) is 1. The summed E-state index contributed by atoms with van der Waals surface area (Å²) in [5.74, 6) is 0. The predicted molar refractivity (Wildman–Crippen MR) is 96.8 cm³/mol. The predicted octanol–water partition coefficient (Wildman–Crippen LogP) is 0.158. The van der Waals surface area contributed by atoms with Gasteiger partial charge in [0, 0.05) is 58.1 Å². The van der Waals surface area contributed by atoms with Crippen LogP contribution in [-0.2, 0) is 25.4 Å². The van der Waals surface area contributed by atoms with Crippen molar-refractivity contribution < 1.29 is 4.74 Å². The monoisotopic (exact) mass is 350 g/mol. The first-order valence-electron chi connectivity index (χ1n) is 9.23. The average Bonchev–Trinajstić information content (AvgIpc) is 2.96. The maximum atomic E-state index is 12.1. The van der Waals surface area contributed by atoms with Crippen molar-refractivity contribution in [3.05, 3.63) is 32.6 Å². The Morgan fingerprint density at radius 3 is 2.48 bits per heavy atom. The first kappa shape index (κ1) is 18.4. The second kappa shape index (κ2) is 7.43. The van der Waals surface area contributed by atoms with Gasteiger partial charge in [0.1, 0.15) is 0 Å². The normalized spacial score (nSPS) is 28.6. The number of aromatic nitrogens is 2. The molecule has 0 spiro atoms. The van der Waals surface area contributed by atoms with Crippen LogP contribution in [0.15, 0.2) is 15.7 Å². The quantitative estimate of drug-likeness (QED) is 0.774. The molecule has 2 aliphatic heterocycles. The Bertz CT molecular complexity index is 716. The number of morpholine rings is 1. The molecule has 3 atom stereocenters. The molecule has 2 fully saturated rings. The van der Waals surface area contributed by atoms with E-state index in [2.05, 4.69) is 23.6 Å². The van der Waals surface area contributed by atoms with Gasteiger partial charge >= 0.3 is 5.69 Å². The fraction of sp³-hybridized carbons (Fsp3) is 0.778. The Labute approximate surface area is 148 Å². The van der Waals surface area contributed by atoms with Gasteiger partial charge in [-0.15, -0.1) is 0 Å². The highest BCUT2D eigenvalue weighted by molar-refractivity contribution is 5.03. The van der Waals surface area contributed by atoms with Crippen molar-refractivity contribution in [2.75, 3.05) is 26.2 Å². The van der Waals surface area contributed by atoms with Crippen molar-refractivity contribution in [1.82, 2.24) is 18.9 Å². The minimum Gasteiger partial charge on any atom is -0.373 e. The first-order valence-corrected chi connectivity index (χ1v) is 9.23. The summed E-state index contributed by atoms with van der Waals surface area (Å²) in [4.78, 5) is 29.0. The number of hydrogen-bond donors (Lipinski definition) is 0. The average molecular weight is 350 g/mol. The molecule has 3 rings (SSSR count). The van der Waals surface area contributed by atoms with E-state index in [1.165, 1.54) is 19.9 Å². The summed E-state index contributed by atoms with van der Waals surface area (Å²) in [5, 5.41) is 0. The molecule has 0 radical (unpaired) electrons. The van der Waals surface area contributed by atoms with Crippen LogP contribution in [0.1, 0.15) is 32.4 Å². The molecule has 3 heterocycles. The van der Waals surface area contributed by atoms with E-state index in [-0.39, 0.29) is 23.5 Å². The fourth-order valence-electron chi connectivity index (χ4n) is 4.18. The smallest absolute Gasteiger partial charge is 0.330 e. The van der Waals surface area contributed by atoms with Crippen molar-refractivity contribution >= 4 is 0 Å². The van der Waals surface area contributed by atoms with Gasteiger partial charge in [0.25, 0.3) is 5.56 Å². The highest BCUT2D eigenvalue weighted by atomic mass is 16.5. The highest BCUT2D eigenvalue weighted by Gasteiger charge is 2.30. The van der Waals surface area contributed by atoms with Crippen LogP contribution in [0.2, 0.25) is 0 Å². The molecule has 2 aliphatic rings. The van der Waals surface area contributed by atoms with E-state index in [4.69, 9.17) is 4.74 Å². The highest BCUT2D eigenvalue weighted by Crippen LogP contribution is 2.22. The van der Waals surface area contributed by atoms with E-state index in [1.807, 2.05) is 0 Å². The van der Waals surface area contributed by atoms with Crippen LogP contribution in [0.3, 0.4) is 0 Å². The lowest BCUT2D eigenvalue weighted by Crippen LogP contribution is -2.50. The number of rotatable bonds is 4. The molecule has 0 saturated carbocycles. The Kier molecular flexibility index (Phi) is 5.46. The summed E-state index contributed by atoms with van der Waals surface area (Å²) in [6.45, 7) is 8.90. The zero-order valence-electron chi connectivity index (χ0n) is 15.8. The lowest BCUT2D eigenvalue weighted by atomic mass is 10.1. The van der Waals surface area contributed by atoms with Crippen molar-refractivity contribution in [3.63, 3.8) is 0 Å². The van der Waals surface area contributed by atoms with Gasteiger partial charge in [-0.2, -0.15) is 0 Å². The van der Waals surface area contributed by atoms with E-state index >= 15 is 0 Å². The molecule has 0 N–H and O–H groups in total. The van der Waals surface area contributed by atoms with Gasteiger partial charge in [0.15, 0.2) is 0 Å². The number of hydrogen-bond acceptors (Lipinski definition) is 5. The standard InChI is InChI=1S/C18H30N4O3/c1-13-9-21(10-14(2)25-13)11-15-6-5-7-22(15)12-16-8-17(23)20(4)18(24)19(16)3/h8,13-15H,5-7,9-12H2,1-4H3/t13-,14+,15-/m1/s1. The van der Waals surface area contributed by atoms with Crippen molar-refractivity contribution in [2.45, 2.75) is 51.5 Å². The molecule has 0 bridgehead atoms. The maximum absolute atomic E-state index is 12.1. The van der Waals surface area contributed by atoms with Gasteiger partial charge in [-0.05, 0) is 33.2 Å². The molecule has 1 aromatic heterocycles. The molecule has 0 unspecified atom stereocenters. The molecule has 7 nitrogen and oxygen atoms in total. The molecular formula is C18H30N4O3. The van der Waals surface area contributed by atoms with E-state index in [9.17, 15) is 9.59 Å². The summed E-state index contributed by atoms with van der Waals surface area (Å²) in [6, 6.07) is 2.06. The minimum absolute atomic E-state index is 0.232. The van der Waals surface area contributed by atoms with Crippen molar-refractivity contribution in [2.24, 2.45) is 14.1 Å². The molecule has 0 amide bonds. The van der Waals surface area contributed by atoms with E-state index in [0.29, 0.717) is 12.6 Å². The Morgan fingerprint density at radius 1 is 1.12 bits per heavy atom. The van der Waals surface area contributed by atoms with Crippen molar-refractivity contribution in [1.29, 1.82) is 0 Å². The van der Waals surface area contributed by atoms with E-state index in [0.717, 1.165) is 36.4 Å². The molecule has 1 aromatic rings. The topological polar surface area (TPSA) is 59.7 Å². The van der Waals surface area contributed by atoms with Crippen LogP contribution in [0.5, 0.6) is 0 Å². The second-order valence-corrected chi connectivity index (χ2v) is 7.62. The third-order valence-electron chi connectivity index (χ3n) is 5.45. The largest absolute Gasteiger partial charge is 0.373 e. The third kappa shape index (κ3) is 4.04. The maximum Gasteiger partial charge on any atom is 0.330 e. The number of likely N-dealkylation sites (tertiary alicyclic amines) is 1. The Hall–Kier alpha value is -1.44. The van der Waals surface area contributed by atoms with Crippen molar-refractivity contribution in [3.8, 4) is 0 Å². The molecule has 7 heteroatoms. The third-order valence-corrected chi connectivity index (χ3v) is 5.45. The number of nitrogens with zero attached hydrogens (tertiary/aromatic N) is 4. The SMILES string of the molecule is C[C@@H]1CN(C[C@H]2CCCN2Cc2cc(=O)n(C)c(=O)n2C)C[C@H](C)O1. The molecule has 0 aliphatic carbocycles. The Balaban J connectivity index is 1.70. The fourth-order valence-corrected chi connectivity index (χ4v) is 4.18. The van der Waals surface area contributed by atoms with Crippen LogP contribution in [0.4, 0.5) is 0 Å². The van der Waals surface area contributed by atoms with Crippen LogP contribution >= 0.6 is 0 Å². The van der Waals surface area contributed by atoms with Gasteiger partial charge < -0.3 is 4.74 Å². The second-order valence-electron chi connectivity index (χ2n) is 7.62. The minimum atomic E-state index is -0.255. The zero-order chi connectivity index (χ0) is 18.1. The summed E-state index contributed by atoms with van der Waals surface area (Å²) >= 11 is 0. The van der Waals surface area contributed by atoms with Crippen LogP contribution in [-0.4, -0.2) is 63.4 Å². The summed E-state index contributed by atoms with van der Waals surface area (Å²) in [7, 11) is 3.27. The molecule has 25 heavy (non-hydrogen) atoms. The van der Waals surface area contributed by atoms with Crippen LogP contribution < -0.4 is 11.2 Å².